The predicted molar refractivity (Wildman–Crippen MR) is 56.9 cm³/mol. The number of carbonyl (C=O) groups is 1. The number of fused-ring (bicyclic) bond motifs is 2. The Bertz CT molecular complexity index is 426. The predicted octanol–water partition coefficient (Wildman–Crippen LogP) is 1.25. The van der Waals surface area contributed by atoms with Gasteiger partial charge >= 0.3 is 0 Å². The molecule has 2 aliphatic rings. The van der Waals surface area contributed by atoms with Crippen molar-refractivity contribution in [1.82, 2.24) is 10.3 Å². The van der Waals surface area contributed by atoms with Gasteiger partial charge in [-0.25, -0.2) is 0 Å². The molecule has 0 unspecified atom stereocenters. The molecule has 1 aromatic heterocycles. The Kier molecular flexibility index (Phi) is 1.97. The number of hydrogen-bond donors (Lipinski definition) is 1. The summed E-state index contributed by atoms with van der Waals surface area (Å²) < 4.78 is 0. The molecule has 1 aliphatic heterocycles. The highest BCUT2D eigenvalue weighted by Gasteiger charge is 2.21. The van der Waals surface area contributed by atoms with Crippen LogP contribution in [0.25, 0.3) is 0 Å². The molecule has 78 valence electrons. The van der Waals surface area contributed by atoms with Crippen molar-refractivity contribution in [3.63, 3.8) is 0 Å². The molecule has 1 aliphatic carbocycles. The van der Waals surface area contributed by atoms with Gasteiger partial charge in [0.1, 0.15) is 0 Å². The standard InChI is InChI=1S/C12H14N2O/c15-12-9-7-8-3-1-2-4-10(8)14-11(9)5-6-13-12/h7H,1-6H2,(H,13,15). The summed E-state index contributed by atoms with van der Waals surface area (Å²) in [6.07, 6.45) is 5.53. The average Bonchev–Trinajstić information content (AvgIpc) is 2.27. The van der Waals surface area contributed by atoms with E-state index in [2.05, 4.69) is 16.4 Å². The molecule has 0 bridgehead atoms. The number of rotatable bonds is 0. The summed E-state index contributed by atoms with van der Waals surface area (Å²) in [5.41, 5.74) is 4.33. The van der Waals surface area contributed by atoms with E-state index in [9.17, 15) is 4.79 Å². The lowest BCUT2D eigenvalue weighted by molar-refractivity contribution is 0.0945. The average molecular weight is 202 g/mol. The molecule has 3 nitrogen and oxygen atoms in total. The molecule has 0 saturated carbocycles. The summed E-state index contributed by atoms with van der Waals surface area (Å²) in [6.45, 7) is 0.734. The molecule has 15 heavy (non-hydrogen) atoms. The number of amides is 1. The lowest BCUT2D eigenvalue weighted by Gasteiger charge is -2.21. The first-order chi connectivity index (χ1) is 7.34. The fourth-order valence-electron chi connectivity index (χ4n) is 2.45. The number of pyridine rings is 1. The van der Waals surface area contributed by atoms with Crippen LogP contribution in [-0.4, -0.2) is 17.4 Å². The van der Waals surface area contributed by atoms with Crippen molar-refractivity contribution in [3.8, 4) is 0 Å². The Labute approximate surface area is 88.9 Å². The summed E-state index contributed by atoms with van der Waals surface area (Å²) in [6, 6.07) is 2.06. The molecular weight excluding hydrogens is 188 g/mol. The van der Waals surface area contributed by atoms with Gasteiger partial charge in [-0.2, -0.15) is 0 Å². The van der Waals surface area contributed by atoms with Gasteiger partial charge in [0.25, 0.3) is 5.91 Å². The number of aryl methyl sites for hydroxylation is 2. The molecule has 1 amide bonds. The highest BCUT2D eigenvalue weighted by molar-refractivity contribution is 5.96. The molecule has 0 atom stereocenters. The summed E-state index contributed by atoms with van der Waals surface area (Å²) in [5, 5.41) is 2.87. The molecule has 1 aromatic rings. The van der Waals surface area contributed by atoms with Gasteiger partial charge in [-0.15, -0.1) is 0 Å². The van der Waals surface area contributed by atoms with Crippen molar-refractivity contribution in [3.05, 3.63) is 28.6 Å². The van der Waals surface area contributed by atoms with Crippen LogP contribution in [0.4, 0.5) is 0 Å². The Morgan fingerprint density at radius 1 is 1.13 bits per heavy atom. The molecular formula is C12H14N2O. The van der Waals surface area contributed by atoms with E-state index < -0.39 is 0 Å². The van der Waals surface area contributed by atoms with E-state index >= 15 is 0 Å². The van der Waals surface area contributed by atoms with Crippen molar-refractivity contribution in [1.29, 1.82) is 0 Å². The molecule has 0 radical (unpaired) electrons. The molecule has 0 aromatic carbocycles. The smallest absolute Gasteiger partial charge is 0.253 e. The van der Waals surface area contributed by atoms with E-state index in [1.54, 1.807) is 0 Å². The van der Waals surface area contributed by atoms with Crippen LogP contribution in [-0.2, 0) is 19.3 Å². The number of carbonyl (C=O) groups excluding carboxylic acids is 1. The lowest BCUT2D eigenvalue weighted by atomic mass is 9.92. The minimum atomic E-state index is 0.0529. The van der Waals surface area contributed by atoms with Crippen molar-refractivity contribution in [2.24, 2.45) is 0 Å². The summed E-state index contributed by atoms with van der Waals surface area (Å²) in [7, 11) is 0. The van der Waals surface area contributed by atoms with Gasteiger partial charge in [0, 0.05) is 18.7 Å². The largest absolute Gasteiger partial charge is 0.352 e. The van der Waals surface area contributed by atoms with Gasteiger partial charge < -0.3 is 5.32 Å². The van der Waals surface area contributed by atoms with Gasteiger partial charge in [0.05, 0.1) is 11.3 Å². The quantitative estimate of drug-likeness (QED) is 0.688. The Hall–Kier alpha value is -1.38. The number of nitrogens with one attached hydrogen (secondary N) is 1. The highest BCUT2D eigenvalue weighted by atomic mass is 16.1. The van der Waals surface area contributed by atoms with Crippen LogP contribution in [0.5, 0.6) is 0 Å². The molecule has 0 spiro atoms. The minimum absolute atomic E-state index is 0.0529. The van der Waals surface area contributed by atoms with E-state index in [0.29, 0.717) is 0 Å². The number of aromatic nitrogens is 1. The second-order valence-electron chi connectivity index (χ2n) is 4.30. The van der Waals surface area contributed by atoms with Crippen molar-refractivity contribution >= 4 is 5.91 Å². The topological polar surface area (TPSA) is 42.0 Å². The normalized spacial score (nSPS) is 19.1. The third-order valence-electron chi connectivity index (χ3n) is 3.27. The zero-order valence-corrected chi connectivity index (χ0v) is 8.68. The summed E-state index contributed by atoms with van der Waals surface area (Å²) in [5.74, 6) is 0.0529. The van der Waals surface area contributed by atoms with Crippen LogP contribution in [0.3, 0.4) is 0 Å². The Balaban J connectivity index is 2.12. The maximum absolute atomic E-state index is 11.6. The van der Waals surface area contributed by atoms with Crippen LogP contribution < -0.4 is 5.32 Å². The minimum Gasteiger partial charge on any atom is -0.352 e. The SMILES string of the molecule is O=C1NCCc2nc3c(cc21)CCCC3. The maximum atomic E-state index is 11.6. The van der Waals surface area contributed by atoms with Crippen molar-refractivity contribution in [2.75, 3.05) is 6.54 Å². The van der Waals surface area contributed by atoms with E-state index in [1.807, 2.05) is 0 Å². The van der Waals surface area contributed by atoms with Crippen molar-refractivity contribution < 1.29 is 4.79 Å². The van der Waals surface area contributed by atoms with Crippen LogP contribution >= 0.6 is 0 Å². The van der Waals surface area contributed by atoms with Gasteiger partial charge in [0.15, 0.2) is 0 Å². The molecule has 3 rings (SSSR count). The zero-order chi connectivity index (χ0) is 10.3. The van der Waals surface area contributed by atoms with Crippen LogP contribution in [0.2, 0.25) is 0 Å². The molecule has 0 fully saturated rings. The van der Waals surface area contributed by atoms with Gasteiger partial charge in [0.2, 0.25) is 0 Å². The number of hydrogen-bond acceptors (Lipinski definition) is 2. The third-order valence-corrected chi connectivity index (χ3v) is 3.27. The molecule has 2 heterocycles. The molecule has 3 heteroatoms. The molecule has 1 N–H and O–H groups in total. The van der Waals surface area contributed by atoms with E-state index in [1.165, 1.54) is 24.1 Å². The molecule has 0 saturated heterocycles. The van der Waals surface area contributed by atoms with Crippen LogP contribution in [0.15, 0.2) is 6.07 Å². The first kappa shape index (κ1) is 8.89. The second kappa shape index (κ2) is 3.33. The fraction of sp³-hybridized carbons (Fsp3) is 0.500. The highest BCUT2D eigenvalue weighted by Crippen LogP contribution is 2.23. The summed E-state index contributed by atoms with van der Waals surface area (Å²) >= 11 is 0. The van der Waals surface area contributed by atoms with Gasteiger partial charge in [-0.05, 0) is 37.3 Å². The monoisotopic (exact) mass is 202 g/mol. The van der Waals surface area contributed by atoms with Crippen LogP contribution in [0.1, 0.15) is 40.2 Å². The fourth-order valence-corrected chi connectivity index (χ4v) is 2.45. The van der Waals surface area contributed by atoms with E-state index in [4.69, 9.17) is 0 Å². The second-order valence-corrected chi connectivity index (χ2v) is 4.30. The first-order valence-corrected chi connectivity index (χ1v) is 5.64. The Morgan fingerprint density at radius 2 is 2.00 bits per heavy atom. The van der Waals surface area contributed by atoms with Crippen molar-refractivity contribution in [2.45, 2.75) is 32.1 Å². The number of nitrogens with zero attached hydrogens (tertiary/aromatic N) is 1. The maximum Gasteiger partial charge on any atom is 0.253 e. The van der Waals surface area contributed by atoms with Crippen LogP contribution in [0, 0.1) is 0 Å². The van der Waals surface area contributed by atoms with Gasteiger partial charge in [-0.3, -0.25) is 9.78 Å². The summed E-state index contributed by atoms with van der Waals surface area (Å²) in [4.78, 5) is 16.3. The van der Waals surface area contributed by atoms with Gasteiger partial charge in [-0.1, -0.05) is 0 Å². The van der Waals surface area contributed by atoms with E-state index in [-0.39, 0.29) is 5.91 Å². The van der Waals surface area contributed by atoms with E-state index in [0.717, 1.165) is 37.1 Å². The lowest BCUT2D eigenvalue weighted by Crippen LogP contribution is -2.33. The Morgan fingerprint density at radius 3 is 2.93 bits per heavy atom. The third kappa shape index (κ3) is 1.42. The zero-order valence-electron chi connectivity index (χ0n) is 8.68. The first-order valence-electron chi connectivity index (χ1n) is 5.64.